The molecule has 3 heterocycles. The first-order valence-corrected chi connectivity index (χ1v) is 11.8. The number of fused-ring (bicyclic) bond motifs is 1. The number of ether oxygens (including phenoxy) is 1. The molecule has 0 fully saturated rings. The van der Waals surface area contributed by atoms with Gasteiger partial charge in [-0.25, -0.2) is 9.67 Å². The number of benzene rings is 2. The van der Waals surface area contributed by atoms with Crippen LogP contribution in [0.4, 0.5) is 0 Å². The van der Waals surface area contributed by atoms with Crippen molar-refractivity contribution in [1.82, 2.24) is 19.2 Å². The largest absolute Gasteiger partial charge is 0.485 e. The number of rotatable bonds is 5. The van der Waals surface area contributed by atoms with Crippen molar-refractivity contribution in [1.29, 1.82) is 0 Å². The van der Waals surface area contributed by atoms with Crippen LogP contribution in [-0.2, 0) is 6.61 Å². The van der Waals surface area contributed by atoms with Crippen molar-refractivity contribution in [2.75, 3.05) is 0 Å². The van der Waals surface area contributed by atoms with Crippen LogP contribution >= 0.6 is 23.2 Å². The zero-order chi connectivity index (χ0) is 24.7. The molecule has 0 aliphatic carbocycles. The van der Waals surface area contributed by atoms with E-state index in [2.05, 4.69) is 0 Å². The second-order valence-electron chi connectivity index (χ2n) is 8.34. The molecule has 2 aromatic carbocycles. The summed E-state index contributed by atoms with van der Waals surface area (Å²) in [5, 5.41) is 5.99. The maximum Gasteiger partial charge on any atom is 0.267 e. The van der Waals surface area contributed by atoms with Gasteiger partial charge in [0.2, 0.25) is 0 Å². The van der Waals surface area contributed by atoms with Gasteiger partial charge < -0.3 is 4.74 Å². The maximum absolute atomic E-state index is 13.6. The van der Waals surface area contributed by atoms with E-state index >= 15 is 0 Å². The first-order valence-electron chi connectivity index (χ1n) is 11.0. The molecule has 0 aliphatic heterocycles. The number of hydrogen-bond acceptors (Lipinski definition) is 4. The van der Waals surface area contributed by atoms with Crippen LogP contribution in [0.15, 0.2) is 71.7 Å². The molecule has 0 aliphatic rings. The summed E-state index contributed by atoms with van der Waals surface area (Å²) in [6, 6.07) is 18.6. The molecule has 3 aromatic heterocycles. The van der Waals surface area contributed by atoms with E-state index in [0.29, 0.717) is 38.4 Å². The molecule has 35 heavy (non-hydrogen) atoms. The lowest BCUT2D eigenvalue weighted by Crippen LogP contribution is -2.19. The lowest BCUT2D eigenvalue weighted by molar-refractivity contribution is 0.308. The lowest BCUT2D eigenvalue weighted by atomic mass is 10.1. The van der Waals surface area contributed by atoms with E-state index in [1.807, 2.05) is 62.4 Å². The van der Waals surface area contributed by atoms with Crippen LogP contribution in [0.5, 0.6) is 5.75 Å². The average molecular weight is 505 g/mol. The number of pyridine rings is 1. The van der Waals surface area contributed by atoms with Crippen LogP contribution in [0, 0.1) is 20.8 Å². The molecule has 0 N–H and O–H groups in total. The van der Waals surface area contributed by atoms with E-state index in [4.69, 9.17) is 38.0 Å². The topological polar surface area (TPSA) is 61.4 Å². The average Bonchev–Trinajstić information content (AvgIpc) is 3.21. The van der Waals surface area contributed by atoms with Crippen molar-refractivity contribution >= 4 is 28.8 Å². The van der Waals surface area contributed by atoms with Crippen molar-refractivity contribution in [2.24, 2.45) is 0 Å². The van der Waals surface area contributed by atoms with Gasteiger partial charge in [-0.3, -0.25) is 9.20 Å². The summed E-state index contributed by atoms with van der Waals surface area (Å²) in [6.07, 6.45) is 1.68. The second kappa shape index (κ2) is 9.21. The standard InChI is InChI=1S/C27H22Cl2N4O2/c1-16-10-11-20(28)14-23(16)33-17(2)13-22(31-33)25-18(3)30-26-24(9-6-12-32(26)27(25)34)35-15-19-7-4-5-8-21(19)29/h4-14H,15H2,1-3H3. The van der Waals surface area contributed by atoms with Crippen LogP contribution in [0.25, 0.3) is 22.6 Å². The fourth-order valence-electron chi connectivity index (χ4n) is 4.07. The van der Waals surface area contributed by atoms with E-state index in [1.54, 1.807) is 29.9 Å². The van der Waals surface area contributed by atoms with E-state index in [0.717, 1.165) is 22.5 Å². The van der Waals surface area contributed by atoms with E-state index in [-0.39, 0.29) is 12.2 Å². The molecule has 6 nitrogen and oxygen atoms in total. The van der Waals surface area contributed by atoms with Crippen molar-refractivity contribution < 1.29 is 4.74 Å². The third-order valence-electron chi connectivity index (χ3n) is 5.88. The van der Waals surface area contributed by atoms with Crippen molar-refractivity contribution in [3.63, 3.8) is 0 Å². The minimum absolute atomic E-state index is 0.219. The van der Waals surface area contributed by atoms with Gasteiger partial charge in [-0.15, -0.1) is 0 Å². The third kappa shape index (κ3) is 4.31. The van der Waals surface area contributed by atoms with Crippen molar-refractivity contribution in [2.45, 2.75) is 27.4 Å². The zero-order valence-corrected chi connectivity index (χ0v) is 20.9. The Bertz CT molecular complexity index is 1640. The highest BCUT2D eigenvalue weighted by Gasteiger charge is 2.19. The summed E-state index contributed by atoms with van der Waals surface area (Å²) in [6.45, 7) is 6.01. The second-order valence-corrected chi connectivity index (χ2v) is 9.18. The summed E-state index contributed by atoms with van der Waals surface area (Å²) in [5.41, 5.74) is 5.39. The fourth-order valence-corrected chi connectivity index (χ4v) is 4.43. The van der Waals surface area contributed by atoms with Gasteiger partial charge in [-0.05, 0) is 62.7 Å². The molecule has 5 aromatic rings. The van der Waals surface area contributed by atoms with Crippen LogP contribution < -0.4 is 10.3 Å². The van der Waals surface area contributed by atoms with Gasteiger partial charge in [-0.1, -0.05) is 47.5 Å². The van der Waals surface area contributed by atoms with Gasteiger partial charge in [0, 0.05) is 27.5 Å². The summed E-state index contributed by atoms with van der Waals surface area (Å²) in [7, 11) is 0. The first-order chi connectivity index (χ1) is 16.8. The summed E-state index contributed by atoms with van der Waals surface area (Å²) in [4.78, 5) is 18.3. The Balaban J connectivity index is 1.57. The van der Waals surface area contributed by atoms with Crippen molar-refractivity contribution in [3.8, 4) is 22.7 Å². The number of aryl methyl sites for hydroxylation is 3. The van der Waals surface area contributed by atoms with Gasteiger partial charge in [-0.2, -0.15) is 5.10 Å². The Kier molecular flexibility index (Phi) is 6.09. The normalized spacial score (nSPS) is 11.2. The Morgan fingerprint density at radius 3 is 2.57 bits per heavy atom. The first kappa shape index (κ1) is 23.1. The lowest BCUT2D eigenvalue weighted by Gasteiger charge is -2.12. The fraction of sp³-hybridized carbons (Fsp3) is 0.148. The van der Waals surface area contributed by atoms with Crippen LogP contribution in [0.1, 0.15) is 22.5 Å². The Hall–Kier alpha value is -3.61. The molecule has 0 radical (unpaired) electrons. The third-order valence-corrected chi connectivity index (χ3v) is 6.49. The minimum atomic E-state index is -0.219. The Morgan fingerprint density at radius 1 is 0.971 bits per heavy atom. The predicted molar refractivity (Wildman–Crippen MR) is 139 cm³/mol. The number of halogens is 2. The van der Waals surface area contributed by atoms with Crippen LogP contribution in [0.2, 0.25) is 10.0 Å². The predicted octanol–water partition coefficient (Wildman–Crippen LogP) is 6.36. The molecule has 0 amide bonds. The van der Waals surface area contributed by atoms with E-state index < -0.39 is 0 Å². The van der Waals surface area contributed by atoms with Crippen LogP contribution in [-0.4, -0.2) is 19.2 Å². The van der Waals surface area contributed by atoms with Crippen molar-refractivity contribution in [3.05, 3.63) is 110 Å². The zero-order valence-electron chi connectivity index (χ0n) is 19.4. The molecule has 0 saturated heterocycles. The molecule has 0 unspecified atom stereocenters. The van der Waals surface area contributed by atoms with Gasteiger partial charge in [0.05, 0.1) is 16.9 Å². The molecule has 8 heteroatoms. The quantitative estimate of drug-likeness (QED) is 0.279. The van der Waals surface area contributed by atoms with E-state index in [1.165, 1.54) is 4.40 Å². The molecule has 0 spiro atoms. The number of hydrogen-bond donors (Lipinski definition) is 0. The maximum atomic E-state index is 13.6. The number of aromatic nitrogens is 4. The monoisotopic (exact) mass is 504 g/mol. The molecule has 176 valence electrons. The van der Waals surface area contributed by atoms with Gasteiger partial charge in [0.25, 0.3) is 5.56 Å². The van der Waals surface area contributed by atoms with E-state index in [9.17, 15) is 4.79 Å². The van der Waals surface area contributed by atoms with Gasteiger partial charge >= 0.3 is 0 Å². The molecule has 5 rings (SSSR count). The minimum Gasteiger partial charge on any atom is -0.485 e. The summed E-state index contributed by atoms with van der Waals surface area (Å²) in [5.74, 6) is 0.496. The number of nitrogens with zero attached hydrogens (tertiary/aromatic N) is 4. The molecule has 0 bridgehead atoms. The molecular weight excluding hydrogens is 483 g/mol. The van der Waals surface area contributed by atoms with Gasteiger partial charge in [0.1, 0.15) is 12.3 Å². The molecule has 0 atom stereocenters. The van der Waals surface area contributed by atoms with Gasteiger partial charge in [0.15, 0.2) is 11.4 Å². The Labute approximate surface area is 212 Å². The highest BCUT2D eigenvalue weighted by atomic mass is 35.5. The SMILES string of the molecule is Cc1ccc(Cl)cc1-n1nc(-c2c(C)nc3c(OCc4ccccc4Cl)cccn3c2=O)cc1C. The highest BCUT2D eigenvalue weighted by Crippen LogP contribution is 2.27. The summed E-state index contributed by atoms with van der Waals surface area (Å²) >= 11 is 12.5. The Morgan fingerprint density at radius 2 is 1.77 bits per heavy atom. The summed E-state index contributed by atoms with van der Waals surface area (Å²) < 4.78 is 9.30. The molecular formula is C27H22Cl2N4O2. The highest BCUT2D eigenvalue weighted by molar-refractivity contribution is 6.31. The van der Waals surface area contributed by atoms with Crippen LogP contribution in [0.3, 0.4) is 0 Å². The smallest absolute Gasteiger partial charge is 0.267 e. The molecule has 0 saturated carbocycles.